The van der Waals surface area contributed by atoms with Crippen LogP contribution >= 0.6 is 22.9 Å². The maximum Gasteiger partial charge on any atom is 0.266 e. The van der Waals surface area contributed by atoms with Gasteiger partial charge in [-0.15, -0.1) is 11.3 Å². The summed E-state index contributed by atoms with van der Waals surface area (Å²) in [6.07, 6.45) is 1.67. The summed E-state index contributed by atoms with van der Waals surface area (Å²) in [5.41, 5.74) is -1.12. The minimum Gasteiger partial charge on any atom is -0.362 e. The second-order valence-electron chi connectivity index (χ2n) is 7.53. The number of anilines is 1. The molecule has 2 fully saturated rings. The number of pyridine rings is 1. The first-order chi connectivity index (χ1) is 13.6. The zero-order valence-corrected chi connectivity index (χ0v) is 17.8. The van der Waals surface area contributed by atoms with Crippen LogP contribution in [0.2, 0.25) is 5.02 Å². The SMILES string of the molecule is C[C@@]1(c2sc(C(=O)Nc3cccc(F)n3)cc2Cl)CS(=O)(=O)C2(CCC2)C(=N)N1. The van der Waals surface area contributed by atoms with E-state index in [0.717, 1.165) is 23.8 Å². The number of carbonyl (C=O) groups excluding carboxylic acids is 1. The third kappa shape index (κ3) is 3.23. The number of hydrogen-bond donors (Lipinski definition) is 3. The van der Waals surface area contributed by atoms with Gasteiger partial charge >= 0.3 is 0 Å². The molecular formula is C18H18ClFN4O3S2. The molecule has 1 aliphatic heterocycles. The van der Waals surface area contributed by atoms with Crippen LogP contribution in [0, 0.1) is 11.4 Å². The predicted octanol–water partition coefficient (Wildman–Crippen LogP) is 3.32. The molecule has 29 heavy (non-hydrogen) atoms. The van der Waals surface area contributed by atoms with E-state index in [1.54, 1.807) is 6.92 Å². The van der Waals surface area contributed by atoms with Crippen LogP contribution in [-0.4, -0.2) is 35.6 Å². The minimum absolute atomic E-state index is 0.0167. The van der Waals surface area contributed by atoms with E-state index < -0.39 is 32.0 Å². The Morgan fingerprint density at radius 3 is 2.72 bits per heavy atom. The van der Waals surface area contributed by atoms with Crippen LogP contribution in [-0.2, 0) is 15.4 Å². The Labute approximate surface area is 176 Å². The second kappa shape index (κ2) is 6.75. The van der Waals surface area contributed by atoms with Gasteiger partial charge in [-0.05, 0) is 44.4 Å². The molecule has 1 amide bonds. The lowest BCUT2D eigenvalue weighted by atomic mass is 9.82. The van der Waals surface area contributed by atoms with Crippen molar-refractivity contribution in [3.63, 3.8) is 0 Å². The van der Waals surface area contributed by atoms with E-state index in [0.29, 0.717) is 17.7 Å². The molecule has 0 radical (unpaired) electrons. The first-order valence-corrected chi connectivity index (χ1v) is 11.7. The predicted molar refractivity (Wildman–Crippen MR) is 110 cm³/mol. The fourth-order valence-electron chi connectivity index (χ4n) is 3.79. The molecule has 0 bridgehead atoms. The largest absolute Gasteiger partial charge is 0.362 e. The van der Waals surface area contributed by atoms with E-state index in [1.165, 1.54) is 18.2 Å². The summed E-state index contributed by atoms with van der Waals surface area (Å²) in [6.45, 7) is 1.66. The molecule has 2 aromatic rings. The smallest absolute Gasteiger partial charge is 0.266 e. The molecule has 11 heteroatoms. The Kier molecular flexibility index (Phi) is 4.71. The van der Waals surface area contributed by atoms with Crippen molar-refractivity contribution in [1.29, 1.82) is 5.41 Å². The number of rotatable bonds is 3. The number of sulfone groups is 1. The van der Waals surface area contributed by atoms with Gasteiger partial charge in [-0.25, -0.2) is 13.4 Å². The highest BCUT2D eigenvalue weighted by atomic mass is 35.5. The van der Waals surface area contributed by atoms with Crippen LogP contribution in [0.5, 0.6) is 0 Å². The quantitative estimate of drug-likeness (QED) is 0.613. The Balaban J connectivity index is 1.62. The number of aromatic nitrogens is 1. The molecule has 1 saturated carbocycles. The van der Waals surface area contributed by atoms with E-state index >= 15 is 0 Å². The summed E-state index contributed by atoms with van der Waals surface area (Å²) < 4.78 is 38.0. The van der Waals surface area contributed by atoms with Crippen molar-refractivity contribution in [3.05, 3.63) is 45.0 Å². The van der Waals surface area contributed by atoms with Crippen LogP contribution in [0.4, 0.5) is 10.2 Å². The molecule has 7 nitrogen and oxygen atoms in total. The highest BCUT2D eigenvalue weighted by Gasteiger charge is 2.59. The summed E-state index contributed by atoms with van der Waals surface area (Å²) in [5.74, 6) is -1.43. The fourth-order valence-corrected chi connectivity index (χ4v) is 7.95. The van der Waals surface area contributed by atoms with Gasteiger partial charge < -0.3 is 10.6 Å². The standard InChI is InChI=1S/C18H18ClFN4O3S2/c1-17(9-29(26,27)18(6-3-7-18)16(21)24-17)14-10(19)8-11(28-14)15(25)23-13-5-2-4-12(20)22-13/h2,4-5,8H,3,6-7,9H2,1H3,(H2,21,24)(H,22,23,25)/t17-/m0/s1. The van der Waals surface area contributed by atoms with E-state index in [2.05, 4.69) is 15.6 Å². The van der Waals surface area contributed by atoms with Gasteiger partial charge in [0.1, 0.15) is 16.4 Å². The summed E-state index contributed by atoms with van der Waals surface area (Å²) in [7, 11) is -3.56. The van der Waals surface area contributed by atoms with Crippen molar-refractivity contribution in [2.24, 2.45) is 0 Å². The molecule has 2 aliphatic rings. The lowest BCUT2D eigenvalue weighted by Gasteiger charge is -2.50. The fraction of sp³-hybridized carbons (Fsp3) is 0.389. The lowest BCUT2D eigenvalue weighted by Crippen LogP contribution is -2.68. The van der Waals surface area contributed by atoms with E-state index in [-0.39, 0.29) is 27.3 Å². The number of amides is 1. The molecule has 4 rings (SSSR count). The van der Waals surface area contributed by atoms with Gasteiger partial charge in [-0.2, -0.15) is 4.39 Å². The van der Waals surface area contributed by atoms with Crippen LogP contribution < -0.4 is 10.6 Å². The Hall–Kier alpha value is -2.04. The second-order valence-corrected chi connectivity index (χ2v) is 11.3. The maximum absolute atomic E-state index is 13.2. The number of halogens is 2. The number of hydrogen-bond acceptors (Lipinski definition) is 6. The molecule has 1 aliphatic carbocycles. The van der Waals surface area contributed by atoms with Crippen LogP contribution in [0.15, 0.2) is 24.3 Å². The van der Waals surface area contributed by atoms with Gasteiger partial charge in [0.15, 0.2) is 9.84 Å². The third-order valence-corrected chi connectivity index (χ3v) is 10.0. The topological polar surface area (TPSA) is 112 Å². The highest BCUT2D eigenvalue weighted by Crippen LogP contribution is 2.48. The molecule has 0 unspecified atom stereocenters. The van der Waals surface area contributed by atoms with Gasteiger partial charge in [0.25, 0.3) is 5.91 Å². The van der Waals surface area contributed by atoms with Crippen LogP contribution in [0.1, 0.15) is 40.7 Å². The van der Waals surface area contributed by atoms with E-state index in [1.807, 2.05) is 0 Å². The molecular weight excluding hydrogens is 439 g/mol. The third-order valence-electron chi connectivity index (χ3n) is 5.46. The average Bonchev–Trinajstić information content (AvgIpc) is 2.94. The summed E-state index contributed by atoms with van der Waals surface area (Å²) >= 11 is 7.39. The van der Waals surface area contributed by atoms with E-state index in [4.69, 9.17) is 17.0 Å². The van der Waals surface area contributed by atoms with Crippen molar-refractivity contribution in [2.75, 3.05) is 11.1 Å². The first kappa shape index (κ1) is 20.2. The Bertz CT molecular complexity index is 1130. The van der Waals surface area contributed by atoms with Crippen molar-refractivity contribution < 1.29 is 17.6 Å². The van der Waals surface area contributed by atoms with Gasteiger partial charge in [0.2, 0.25) is 5.95 Å². The number of thiophene rings is 1. The zero-order valence-electron chi connectivity index (χ0n) is 15.4. The maximum atomic E-state index is 13.2. The summed E-state index contributed by atoms with van der Waals surface area (Å²) in [4.78, 5) is 16.8. The Morgan fingerprint density at radius 1 is 1.41 bits per heavy atom. The van der Waals surface area contributed by atoms with Crippen LogP contribution in [0.3, 0.4) is 0 Å². The van der Waals surface area contributed by atoms with E-state index in [9.17, 15) is 17.6 Å². The normalized spacial score (nSPS) is 24.6. The molecule has 2 aromatic heterocycles. The monoisotopic (exact) mass is 456 g/mol. The minimum atomic E-state index is -3.56. The van der Waals surface area contributed by atoms with Crippen molar-refractivity contribution >= 4 is 50.3 Å². The van der Waals surface area contributed by atoms with Crippen molar-refractivity contribution in [3.8, 4) is 0 Å². The highest BCUT2D eigenvalue weighted by molar-refractivity contribution is 7.93. The molecule has 154 valence electrons. The van der Waals surface area contributed by atoms with Crippen molar-refractivity contribution in [1.82, 2.24) is 10.3 Å². The number of carbonyl (C=O) groups is 1. The van der Waals surface area contributed by atoms with Crippen molar-refractivity contribution in [2.45, 2.75) is 36.5 Å². The zero-order chi connectivity index (χ0) is 21.0. The van der Waals surface area contributed by atoms with Gasteiger partial charge in [0.05, 0.1) is 26.1 Å². The first-order valence-electron chi connectivity index (χ1n) is 8.90. The summed E-state index contributed by atoms with van der Waals surface area (Å²) in [6, 6.07) is 5.47. The number of nitrogens with zero attached hydrogens (tertiary/aromatic N) is 1. The molecule has 0 aromatic carbocycles. The molecule has 1 saturated heterocycles. The molecule has 3 heterocycles. The number of nitrogens with one attached hydrogen (secondary N) is 3. The molecule has 3 N–H and O–H groups in total. The Morgan fingerprint density at radius 2 is 2.14 bits per heavy atom. The van der Waals surface area contributed by atoms with Gasteiger partial charge in [-0.1, -0.05) is 17.7 Å². The summed E-state index contributed by atoms with van der Waals surface area (Å²) in [5, 5.41) is 14.1. The van der Waals surface area contributed by atoms with Gasteiger partial charge in [0, 0.05) is 0 Å². The average molecular weight is 457 g/mol. The van der Waals surface area contributed by atoms with Crippen LogP contribution in [0.25, 0.3) is 0 Å². The molecule has 1 spiro atoms. The molecule has 1 atom stereocenters. The number of amidine groups is 1. The van der Waals surface area contributed by atoms with Gasteiger partial charge in [-0.3, -0.25) is 10.2 Å². The lowest BCUT2D eigenvalue weighted by molar-refractivity contribution is 0.103.